The average Bonchev–Trinajstić information content (AvgIpc) is 2.55. The van der Waals surface area contributed by atoms with E-state index in [1.807, 2.05) is 30.3 Å². The van der Waals surface area contributed by atoms with E-state index in [9.17, 15) is 0 Å². The molecule has 4 N–H and O–H groups in total. The minimum atomic E-state index is 0.130. The lowest BCUT2D eigenvalue weighted by molar-refractivity contribution is 0.316. The summed E-state index contributed by atoms with van der Waals surface area (Å²) in [6, 6.07) is 18.5. The van der Waals surface area contributed by atoms with E-state index in [0.717, 1.165) is 17.7 Å². The van der Waals surface area contributed by atoms with Gasteiger partial charge in [0.2, 0.25) is 0 Å². The van der Waals surface area contributed by atoms with Gasteiger partial charge >= 0.3 is 0 Å². The molecular weight excluding hydrogens is 262 g/mol. The van der Waals surface area contributed by atoms with Crippen LogP contribution in [0.2, 0.25) is 0 Å². The van der Waals surface area contributed by atoms with Crippen molar-refractivity contribution in [3.63, 3.8) is 0 Å². The first kappa shape index (κ1) is 14.9. The van der Waals surface area contributed by atoms with Crippen molar-refractivity contribution in [2.24, 2.45) is 10.9 Å². The fourth-order valence-electron chi connectivity index (χ4n) is 2.29. The van der Waals surface area contributed by atoms with E-state index in [1.165, 1.54) is 5.56 Å². The largest absolute Gasteiger partial charge is 0.409 e. The summed E-state index contributed by atoms with van der Waals surface area (Å²) in [5.74, 6) is 0.242. The molecule has 0 aromatic heterocycles. The quantitative estimate of drug-likeness (QED) is 0.328. The van der Waals surface area contributed by atoms with Crippen LogP contribution in [0.15, 0.2) is 59.8 Å². The van der Waals surface area contributed by atoms with Crippen LogP contribution in [-0.4, -0.2) is 17.1 Å². The number of oxime groups is 1. The Balaban J connectivity index is 2.24. The van der Waals surface area contributed by atoms with Crippen molar-refractivity contribution in [3.05, 3.63) is 54.6 Å². The lowest BCUT2D eigenvalue weighted by Crippen LogP contribution is -2.26. The van der Waals surface area contributed by atoms with Crippen molar-refractivity contribution >= 4 is 11.5 Å². The fraction of sp³-hybridized carbons (Fsp3) is 0.235. The molecule has 0 spiro atoms. The van der Waals surface area contributed by atoms with Gasteiger partial charge in [-0.2, -0.15) is 0 Å². The second-order valence-electron chi connectivity index (χ2n) is 4.96. The van der Waals surface area contributed by atoms with Gasteiger partial charge in [-0.05, 0) is 18.1 Å². The number of nitrogens with one attached hydrogen (secondary N) is 1. The SMILES string of the molecule is CCC(CC(N)=NO)Nc1ccccc1-c1ccccc1. The van der Waals surface area contributed by atoms with E-state index in [1.54, 1.807) is 0 Å². The molecule has 4 heteroatoms. The number of rotatable bonds is 6. The molecule has 0 bridgehead atoms. The van der Waals surface area contributed by atoms with Crippen molar-refractivity contribution in [2.75, 3.05) is 5.32 Å². The monoisotopic (exact) mass is 283 g/mol. The van der Waals surface area contributed by atoms with Crippen LogP contribution in [0.5, 0.6) is 0 Å². The first-order valence-corrected chi connectivity index (χ1v) is 7.12. The predicted octanol–water partition coefficient (Wildman–Crippen LogP) is 3.68. The molecule has 2 aromatic rings. The van der Waals surface area contributed by atoms with Gasteiger partial charge < -0.3 is 16.3 Å². The van der Waals surface area contributed by atoms with Crippen LogP contribution < -0.4 is 11.1 Å². The van der Waals surface area contributed by atoms with Crippen LogP contribution in [0.1, 0.15) is 19.8 Å². The molecule has 0 radical (unpaired) electrons. The van der Waals surface area contributed by atoms with Gasteiger partial charge in [0, 0.05) is 23.7 Å². The minimum Gasteiger partial charge on any atom is -0.409 e. The zero-order valence-corrected chi connectivity index (χ0v) is 12.2. The molecule has 1 unspecified atom stereocenters. The Morgan fingerprint density at radius 1 is 1.14 bits per heavy atom. The van der Waals surface area contributed by atoms with Gasteiger partial charge in [0.25, 0.3) is 0 Å². The van der Waals surface area contributed by atoms with Gasteiger partial charge in [0.15, 0.2) is 0 Å². The van der Waals surface area contributed by atoms with E-state index < -0.39 is 0 Å². The number of para-hydroxylation sites is 1. The molecule has 2 rings (SSSR count). The van der Waals surface area contributed by atoms with E-state index in [0.29, 0.717) is 6.42 Å². The van der Waals surface area contributed by atoms with Crippen LogP contribution in [0, 0.1) is 0 Å². The molecule has 110 valence electrons. The third-order valence-electron chi connectivity index (χ3n) is 3.45. The number of hydrogen-bond donors (Lipinski definition) is 3. The molecular formula is C17H21N3O. The van der Waals surface area contributed by atoms with Gasteiger partial charge in [-0.1, -0.05) is 60.6 Å². The summed E-state index contributed by atoms with van der Waals surface area (Å²) in [5.41, 5.74) is 8.98. The van der Waals surface area contributed by atoms with Gasteiger partial charge in [0.1, 0.15) is 5.84 Å². The van der Waals surface area contributed by atoms with E-state index >= 15 is 0 Å². The summed E-state index contributed by atoms with van der Waals surface area (Å²) in [6.45, 7) is 2.08. The molecule has 0 saturated carbocycles. The van der Waals surface area contributed by atoms with Crippen LogP contribution in [-0.2, 0) is 0 Å². The molecule has 0 fully saturated rings. The molecule has 0 heterocycles. The Morgan fingerprint density at radius 2 is 1.81 bits per heavy atom. The summed E-state index contributed by atoms with van der Waals surface area (Å²) < 4.78 is 0. The highest BCUT2D eigenvalue weighted by Gasteiger charge is 2.11. The lowest BCUT2D eigenvalue weighted by atomic mass is 10.0. The molecule has 4 nitrogen and oxygen atoms in total. The summed E-state index contributed by atoms with van der Waals surface area (Å²) in [5, 5.41) is 15.3. The lowest BCUT2D eigenvalue weighted by Gasteiger charge is -2.20. The van der Waals surface area contributed by atoms with Crippen LogP contribution >= 0.6 is 0 Å². The molecule has 0 aliphatic rings. The highest BCUT2D eigenvalue weighted by Crippen LogP contribution is 2.28. The van der Waals surface area contributed by atoms with Crippen LogP contribution in [0.3, 0.4) is 0 Å². The molecule has 21 heavy (non-hydrogen) atoms. The molecule has 0 saturated heterocycles. The maximum atomic E-state index is 8.71. The van der Waals surface area contributed by atoms with Crippen molar-refractivity contribution < 1.29 is 5.21 Å². The minimum absolute atomic E-state index is 0.130. The third-order valence-corrected chi connectivity index (χ3v) is 3.45. The van der Waals surface area contributed by atoms with Gasteiger partial charge in [-0.15, -0.1) is 0 Å². The maximum Gasteiger partial charge on any atom is 0.141 e. The Labute approximate surface area is 125 Å². The second kappa shape index (κ2) is 7.33. The smallest absolute Gasteiger partial charge is 0.141 e. The van der Waals surface area contributed by atoms with Crippen LogP contribution in [0.4, 0.5) is 5.69 Å². The van der Waals surface area contributed by atoms with Gasteiger partial charge in [-0.25, -0.2) is 0 Å². The van der Waals surface area contributed by atoms with E-state index in [-0.39, 0.29) is 11.9 Å². The van der Waals surface area contributed by atoms with Crippen LogP contribution in [0.25, 0.3) is 11.1 Å². The molecule has 0 aliphatic heterocycles. The van der Waals surface area contributed by atoms with E-state index in [2.05, 4.69) is 41.7 Å². The van der Waals surface area contributed by atoms with Crippen molar-refractivity contribution in [3.8, 4) is 11.1 Å². The average molecular weight is 283 g/mol. The number of nitrogens with zero attached hydrogens (tertiary/aromatic N) is 1. The number of hydrogen-bond acceptors (Lipinski definition) is 3. The standard InChI is InChI=1S/C17H21N3O/c1-2-14(12-17(18)20-21)19-16-11-7-6-10-15(16)13-8-4-3-5-9-13/h3-11,14,19,21H,2,12H2,1H3,(H2,18,20). The van der Waals surface area contributed by atoms with Crippen molar-refractivity contribution in [1.29, 1.82) is 0 Å². The molecule has 1 atom stereocenters. The highest BCUT2D eigenvalue weighted by atomic mass is 16.4. The third kappa shape index (κ3) is 3.99. The number of anilines is 1. The predicted molar refractivity (Wildman–Crippen MR) is 87.6 cm³/mol. The summed E-state index contributed by atoms with van der Waals surface area (Å²) in [4.78, 5) is 0. The number of benzene rings is 2. The molecule has 0 aliphatic carbocycles. The second-order valence-corrected chi connectivity index (χ2v) is 4.96. The Hall–Kier alpha value is -2.49. The van der Waals surface area contributed by atoms with Crippen molar-refractivity contribution in [1.82, 2.24) is 0 Å². The summed E-state index contributed by atoms with van der Waals surface area (Å²) >= 11 is 0. The van der Waals surface area contributed by atoms with Gasteiger partial charge in [0.05, 0.1) is 0 Å². The first-order chi connectivity index (χ1) is 10.2. The zero-order chi connectivity index (χ0) is 15.1. The van der Waals surface area contributed by atoms with Gasteiger partial charge in [-0.3, -0.25) is 0 Å². The highest BCUT2D eigenvalue weighted by molar-refractivity contribution is 5.82. The Kier molecular flexibility index (Phi) is 5.21. The topological polar surface area (TPSA) is 70.6 Å². The molecule has 0 amide bonds. The normalized spacial score (nSPS) is 12.9. The van der Waals surface area contributed by atoms with Crippen molar-refractivity contribution in [2.45, 2.75) is 25.8 Å². The summed E-state index contributed by atoms with van der Waals surface area (Å²) in [6.07, 6.45) is 1.40. The van der Waals surface area contributed by atoms with E-state index in [4.69, 9.17) is 10.9 Å². The number of amidine groups is 1. The fourth-order valence-corrected chi connectivity index (χ4v) is 2.29. The summed E-state index contributed by atoms with van der Waals surface area (Å²) in [7, 11) is 0. The first-order valence-electron chi connectivity index (χ1n) is 7.12. The Morgan fingerprint density at radius 3 is 2.48 bits per heavy atom. The molecule has 2 aromatic carbocycles. The zero-order valence-electron chi connectivity index (χ0n) is 12.2. The number of nitrogens with two attached hydrogens (primary N) is 1. The Bertz CT molecular complexity index is 596. The maximum absolute atomic E-state index is 8.71.